The lowest BCUT2D eigenvalue weighted by atomic mass is 10.1. The van der Waals surface area contributed by atoms with Gasteiger partial charge in [0.1, 0.15) is 5.75 Å². The summed E-state index contributed by atoms with van der Waals surface area (Å²) in [5, 5.41) is 12.9. The first-order chi connectivity index (χ1) is 7.19. The fourth-order valence-corrected chi connectivity index (χ4v) is 1.51. The Kier molecular flexibility index (Phi) is 4.59. The predicted molar refractivity (Wildman–Crippen MR) is 61.2 cm³/mol. The van der Waals surface area contributed by atoms with E-state index in [1.165, 1.54) is 0 Å². The molecule has 84 valence electrons. The van der Waals surface area contributed by atoms with Gasteiger partial charge in [0.15, 0.2) is 0 Å². The van der Waals surface area contributed by atoms with E-state index in [0.29, 0.717) is 6.54 Å². The second-order valence-electron chi connectivity index (χ2n) is 3.55. The molecule has 0 bridgehead atoms. The van der Waals surface area contributed by atoms with Gasteiger partial charge < -0.3 is 15.2 Å². The molecule has 0 aliphatic carbocycles. The summed E-state index contributed by atoms with van der Waals surface area (Å²) in [6.45, 7) is 5.45. The van der Waals surface area contributed by atoms with E-state index in [-0.39, 0.29) is 0 Å². The van der Waals surface area contributed by atoms with Gasteiger partial charge in [-0.25, -0.2) is 0 Å². The molecule has 3 heteroatoms. The van der Waals surface area contributed by atoms with Gasteiger partial charge in [-0.15, -0.1) is 0 Å². The SMILES string of the molecule is CCNCC(O)c1ccc(OC)c(C)c1. The van der Waals surface area contributed by atoms with E-state index in [2.05, 4.69) is 5.32 Å². The van der Waals surface area contributed by atoms with Gasteiger partial charge in [-0.3, -0.25) is 0 Å². The average molecular weight is 209 g/mol. The topological polar surface area (TPSA) is 41.5 Å². The van der Waals surface area contributed by atoms with Gasteiger partial charge in [0.2, 0.25) is 0 Å². The molecule has 0 saturated carbocycles. The maximum absolute atomic E-state index is 9.84. The monoisotopic (exact) mass is 209 g/mol. The number of rotatable bonds is 5. The van der Waals surface area contributed by atoms with Crippen LogP contribution in [0, 0.1) is 6.92 Å². The van der Waals surface area contributed by atoms with E-state index in [4.69, 9.17) is 4.74 Å². The Morgan fingerprint density at radius 1 is 1.47 bits per heavy atom. The minimum absolute atomic E-state index is 0.449. The quantitative estimate of drug-likeness (QED) is 0.774. The molecule has 15 heavy (non-hydrogen) atoms. The number of hydrogen-bond donors (Lipinski definition) is 2. The number of aliphatic hydroxyl groups is 1. The summed E-state index contributed by atoms with van der Waals surface area (Å²) in [5.74, 6) is 0.856. The Morgan fingerprint density at radius 3 is 2.73 bits per heavy atom. The van der Waals surface area contributed by atoms with E-state index in [1.54, 1.807) is 7.11 Å². The lowest BCUT2D eigenvalue weighted by Crippen LogP contribution is -2.20. The van der Waals surface area contributed by atoms with Crippen LogP contribution in [0.4, 0.5) is 0 Å². The number of likely N-dealkylation sites (N-methyl/N-ethyl adjacent to an activating group) is 1. The smallest absolute Gasteiger partial charge is 0.121 e. The molecule has 2 N–H and O–H groups in total. The van der Waals surface area contributed by atoms with Gasteiger partial charge in [0, 0.05) is 6.54 Å². The zero-order valence-corrected chi connectivity index (χ0v) is 9.58. The standard InChI is InChI=1S/C12H19NO2/c1-4-13-8-11(14)10-5-6-12(15-3)9(2)7-10/h5-7,11,13-14H,4,8H2,1-3H3. The highest BCUT2D eigenvalue weighted by Gasteiger charge is 2.08. The molecule has 3 nitrogen and oxygen atoms in total. The van der Waals surface area contributed by atoms with Crippen LogP contribution in [-0.4, -0.2) is 25.3 Å². The molecule has 0 heterocycles. The number of methoxy groups -OCH3 is 1. The average Bonchev–Trinajstić information content (AvgIpc) is 2.25. The lowest BCUT2D eigenvalue weighted by Gasteiger charge is -2.13. The van der Waals surface area contributed by atoms with E-state index in [1.807, 2.05) is 32.0 Å². The van der Waals surface area contributed by atoms with Crippen LogP contribution in [0.1, 0.15) is 24.2 Å². The Balaban J connectivity index is 2.73. The first-order valence-electron chi connectivity index (χ1n) is 5.22. The van der Waals surface area contributed by atoms with Crippen molar-refractivity contribution < 1.29 is 9.84 Å². The molecule has 0 aliphatic rings. The Labute approximate surface area is 91.1 Å². The van der Waals surface area contributed by atoms with Crippen molar-refractivity contribution in [2.75, 3.05) is 20.2 Å². The highest BCUT2D eigenvalue weighted by molar-refractivity contribution is 5.37. The van der Waals surface area contributed by atoms with Crippen molar-refractivity contribution in [3.8, 4) is 5.75 Å². The lowest BCUT2D eigenvalue weighted by molar-refractivity contribution is 0.175. The predicted octanol–water partition coefficient (Wildman–Crippen LogP) is 1.65. The fraction of sp³-hybridized carbons (Fsp3) is 0.500. The van der Waals surface area contributed by atoms with Crippen LogP contribution >= 0.6 is 0 Å². The fourth-order valence-electron chi connectivity index (χ4n) is 1.51. The van der Waals surface area contributed by atoms with Crippen LogP contribution in [0.15, 0.2) is 18.2 Å². The number of hydrogen-bond acceptors (Lipinski definition) is 3. The third-order valence-electron chi connectivity index (χ3n) is 2.39. The van der Waals surface area contributed by atoms with Crippen LogP contribution in [0.3, 0.4) is 0 Å². The summed E-state index contributed by atoms with van der Waals surface area (Å²) in [6.07, 6.45) is -0.449. The maximum atomic E-state index is 9.84. The minimum Gasteiger partial charge on any atom is -0.496 e. The zero-order valence-electron chi connectivity index (χ0n) is 9.58. The summed E-state index contributed by atoms with van der Waals surface area (Å²) in [5.41, 5.74) is 1.97. The van der Waals surface area contributed by atoms with Crippen molar-refractivity contribution in [1.82, 2.24) is 5.32 Å². The van der Waals surface area contributed by atoms with Crippen molar-refractivity contribution in [3.63, 3.8) is 0 Å². The molecule has 1 unspecified atom stereocenters. The molecule has 0 spiro atoms. The molecule has 1 aromatic carbocycles. The van der Waals surface area contributed by atoms with E-state index >= 15 is 0 Å². The highest BCUT2D eigenvalue weighted by atomic mass is 16.5. The summed E-state index contributed by atoms with van der Waals surface area (Å²) < 4.78 is 5.16. The summed E-state index contributed by atoms with van der Waals surface area (Å²) in [4.78, 5) is 0. The van der Waals surface area contributed by atoms with Crippen LogP contribution in [0.2, 0.25) is 0 Å². The highest BCUT2D eigenvalue weighted by Crippen LogP contribution is 2.22. The third kappa shape index (κ3) is 3.22. The molecule has 0 aliphatic heterocycles. The summed E-state index contributed by atoms with van der Waals surface area (Å²) in [6, 6.07) is 5.74. The number of aliphatic hydroxyl groups excluding tert-OH is 1. The number of aryl methyl sites for hydroxylation is 1. The molecule has 0 fully saturated rings. The first-order valence-corrected chi connectivity index (χ1v) is 5.22. The Bertz CT molecular complexity index is 312. The summed E-state index contributed by atoms with van der Waals surface area (Å²) in [7, 11) is 1.65. The van der Waals surface area contributed by atoms with Crippen molar-refractivity contribution >= 4 is 0 Å². The number of nitrogens with one attached hydrogen (secondary N) is 1. The Hall–Kier alpha value is -1.06. The van der Waals surface area contributed by atoms with Crippen LogP contribution in [0.25, 0.3) is 0 Å². The van der Waals surface area contributed by atoms with Gasteiger partial charge in [-0.2, -0.15) is 0 Å². The van der Waals surface area contributed by atoms with E-state index in [0.717, 1.165) is 23.4 Å². The maximum Gasteiger partial charge on any atom is 0.121 e. The van der Waals surface area contributed by atoms with Gasteiger partial charge >= 0.3 is 0 Å². The third-order valence-corrected chi connectivity index (χ3v) is 2.39. The molecule has 1 aromatic rings. The zero-order chi connectivity index (χ0) is 11.3. The Morgan fingerprint density at radius 2 is 2.20 bits per heavy atom. The van der Waals surface area contributed by atoms with Gasteiger partial charge in [-0.1, -0.05) is 13.0 Å². The van der Waals surface area contributed by atoms with Crippen LogP contribution < -0.4 is 10.1 Å². The van der Waals surface area contributed by atoms with Gasteiger partial charge in [0.05, 0.1) is 13.2 Å². The van der Waals surface area contributed by atoms with Gasteiger partial charge in [-0.05, 0) is 36.7 Å². The van der Waals surface area contributed by atoms with Gasteiger partial charge in [0.25, 0.3) is 0 Å². The molecule has 0 aromatic heterocycles. The summed E-state index contributed by atoms with van der Waals surface area (Å²) >= 11 is 0. The molecule has 1 atom stereocenters. The van der Waals surface area contributed by atoms with Crippen LogP contribution in [-0.2, 0) is 0 Å². The largest absolute Gasteiger partial charge is 0.496 e. The molecular formula is C12H19NO2. The normalized spacial score (nSPS) is 12.5. The van der Waals surface area contributed by atoms with Crippen molar-refractivity contribution in [3.05, 3.63) is 29.3 Å². The number of benzene rings is 1. The van der Waals surface area contributed by atoms with Crippen molar-refractivity contribution in [2.24, 2.45) is 0 Å². The second kappa shape index (κ2) is 5.73. The molecule has 0 saturated heterocycles. The minimum atomic E-state index is -0.449. The molecular weight excluding hydrogens is 190 g/mol. The molecule has 1 rings (SSSR count). The molecule has 0 amide bonds. The second-order valence-corrected chi connectivity index (χ2v) is 3.55. The first kappa shape index (κ1) is 12.0. The van der Waals surface area contributed by atoms with Crippen molar-refractivity contribution in [1.29, 1.82) is 0 Å². The van der Waals surface area contributed by atoms with E-state index in [9.17, 15) is 5.11 Å². The van der Waals surface area contributed by atoms with E-state index < -0.39 is 6.10 Å². The molecule has 0 radical (unpaired) electrons. The van der Waals surface area contributed by atoms with Crippen LogP contribution in [0.5, 0.6) is 5.75 Å². The van der Waals surface area contributed by atoms with Crippen molar-refractivity contribution in [2.45, 2.75) is 20.0 Å². The number of ether oxygens (including phenoxy) is 1.